The van der Waals surface area contributed by atoms with E-state index < -0.39 is 0 Å². The van der Waals surface area contributed by atoms with Crippen molar-refractivity contribution in [2.45, 2.75) is 32.6 Å². The van der Waals surface area contributed by atoms with Crippen LogP contribution in [0.15, 0.2) is 30.6 Å². The van der Waals surface area contributed by atoms with Gasteiger partial charge in [-0.05, 0) is 32.8 Å². The van der Waals surface area contributed by atoms with Gasteiger partial charge in [-0.25, -0.2) is 24.6 Å². The molecule has 4 heterocycles. The molecule has 0 radical (unpaired) electrons. The number of hydrogen-bond donors (Lipinski definition) is 0. The van der Waals surface area contributed by atoms with Crippen LogP contribution in [-0.2, 0) is 0 Å². The first-order chi connectivity index (χ1) is 13.7. The van der Waals surface area contributed by atoms with Crippen LogP contribution in [0.1, 0.15) is 36.1 Å². The molecule has 0 unspecified atom stereocenters. The molecular weight excluding hydrogens is 352 g/mol. The number of nitrogens with zero attached hydrogens (tertiary/aromatic N) is 8. The summed E-state index contributed by atoms with van der Waals surface area (Å²) >= 11 is 0. The Hall–Kier alpha value is -3.03. The lowest BCUT2D eigenvalue weighted by molar-refractivity contribution is 0.636. The van der Waals surface area contributed by atoms with E-state index in [0.717, 1.165) is 61.0 Å². The van der Waals surface area contributed by atoms with Crippen LogP contribution in [0.4, 0.5) is 11.6 Å². The van der Waals surface area contributed by atoms with Gasteiger partial charge in [0.25, 0.3) is 0 Å². The molecule has 1 aliphatic heterocycles. The predicted octanol–water partition coefficient (Wildman–Crippen LogP) is 2.27. The van der Waals surface area contributed by atoms with E-state index in [1.165, 1.54) is 12.8 Å². The smallest absolute Gasteiger partial charge is 0.159 e. The van der Waals surface area contributed by atoms with E-state index >= 15 is 0 Å². The largest absolute Gasteiger partial charge is 0.353 e. The first-order valence-electron chi connectivity index (χ1n) is 9.87. The minimum atomic E-state index is 0.574. The number of piperazine rings is 1. The summed E-state index contributed by atoms with van der Waals surface area (Å²) in [4.78, 5) is 23.3. The highest BCUT2D eigenvalue weighted by atomic mass is 15.3. The predicted molar refractivity (Wildman–Crippen MR) is 107 cm³/mol. The molecule has 0 spiro atoms. The van der Waals surface area contributed by atoms with E-state index in [9.17, 15) is 0 Å². The third-order valence-corrected chi connectivity index (χ3v) is 5.28. The SMILES string of the molecule is Cc1cc(N2CCN(c3cc(-n4cccn4)nc(C)n3)CC2)nc(C2CC2)n1. The summed E-state index contributed by atoms with van der Waals surface area (Å²) in [5, 5.41) is 4.29. The van der Waals surface area contributed by atoms with Gasteiger partial charge >= 0.3 is 0 Å². The van der Waals surface area contributed by atoms with Gasteiger partial charge in [-0.15, -0.1) is 0 Å². The van der Waals surface area contributed by atoms with Crippen LogP contribution in [0.3, 0.4) is 0 Å². The van der Waals surface area contributed by atoms with Crippen molar-refractivity contribution in [2.75, 3.05) is 36.0 Å². The highest BCUT2D eigenvalue weighted by molar-refractivity contribution is 5.48. The molecule has 5 rings (SSSR count). The first-order valence-corrected chi connectivity index (χ1v) is 9.87. The Morgan fingerprint density at radius 1 is 0.821 bits per heavy atom. The lowest BCUT2D eigenvalue weighted by atomic mass is 10.2. The molecule has 1 saturated carbocycles. The number of aryl methyl sites for hydroxylation is 2. The van der Waals surface area contributed by atoms with Crippen LogP contribution in [-0.4, -0.2) is 55.9 Å². The molecule has 28 heavy (non-hydrogen) atoms. The van der Waals surface area contributed by atoms with Gasteiger partial charge in [0.15, 0.2) is 5.82 Å². The Balaban J connectivity index is 1.32. The zero-order valence-corrected chi connectivity index (χ0v) is 16.3. The summed E-state index contributed by atoms with van der Waals surface area (Å²) in [7, 11) is 0. The van der Waals surface area contributed by atoms with E-state index in [4.69, 9.17) is 4.98 Å². The molecule has 0 amide bonds. The Morgan fingerprint density at radius 3 is 2.14 bits per heavy atom. The van der Waals surface area contributed by atoms with E-state index in [1.54, 1.807) is 10.9 Å². The van der Waals surface area contributed by atoms with Crippen LogP contribution >= 0.6 is 0 Å². The van der Waals surface area contributed by atoms with Crippen LogP contribution in [0.5, 0.6) is 0 Å². The highest BCUT2D eigenvalue weighted by Gasteiger charge is 2.28. The topological polar surface area (TPSA) is 75.9 Å². The molecule has 8 heteroatoms. The minimum Gasteiger partial charge on any atom is -0.353 e. The molecule has 3 aromatic rings. The second-order valence-electron chi connectivity index (χ2n) is 7.56. The Morgan fingerprint density at radius 2 is 1.50 bits per heavy atom. The van der Waals surface area contributed by atoms with Gasteiger partial charge in [0.05, 0.1) is 0 Å². The van der Waals surface area contributed by atoms with Crippen molar-refractivity contribution in [2.24, 2.45) is 0 Å². The molecule has 8 nitrogen and oxygen atoms in total. The van der Waals surface area contributed by atoms with Crippen LogP contribution in [0.25, 0.3) is 5.82 Å². The number of aromatic nitrogens is 6. The monoisotopic (exact) mass is 376 g/mol. The number of hydrogen-bond acceptors (Lipinski definition) is 7. The molecular formula is C20H24N8. The molecule has 144 valence electrons. The van der Waals surface area contributed by atoms with E-state index in [2.05, 4.69) is 42.8 Å². The van der Waals surface area contributed by atoms with Crippen molar-refractivity contribution in [3.8, 4) is 5.82 Å². The fraction of sp³-hybridized carbons (Fsp3) is 0.450. The fourth-order valence-corrected chi connectivity index (χ4v) is 3.65. The van der Waals surface area contributed by atoms with Gasteiger partial charge in [-0.2, -0.15) is 5.10 Å². The quantitative estimate of drug-likeness (QED) is 0.691. The standard InChI is InChI=1S/C20H24N8/c1-14-12-17(25-20(22-14)16-4-5-16)26-8-10-27(11-9-26)18-13-19(24-15(2)23-18)28-7-3-6-21-28/h3,6-7,12-13,16H,4-5,8-11H2,1-2H3. The van der Waals surface area contributed by atoms with Gasteiger partial charge in [0.2, 0.25) is 0 Å². The lowest BCUT2D eigenvalue weighted by Gasteiger charge is -2.36. The maximum Gasteiger partial charge on any atom is 0.159 e. The van der Waals surface area contributed by atoms with Gasteiger partial charge in [0.1, 0.15) is 23.3 Å². The Bertz CT molecular complexity index is 972. The molecule has 2 fully saturated rings. The Kier molecular flexibility index (Phi) is 4.18. The minimum absolute atomic E-state index is 0.574. The third-order valence-electron chi connectivity index (χ3n) is 5.28. The summed E-state index contributed by atoms with van der Waals surface area (Å²) in [5.41, 5.74) is 1.06. The molecule has 2 aliphatic rings. The van der Waals surface area contributed by atoms with Crippen LogP contribution < -0.4 is 9.80 Å². The molecule has 1 saturated heterocycles. The van der Waals surface area contributed by atoms with Crippen molar-refractivity contribution < 1.29 is 0 Å². The number of rotatable bonds is 4. The maximum atomic E-state index is 4.84. The van der Waals surface area contributed by atoms with Crippen molar-refractivity contribution in [3.63, 3.8) is 0 Å². The Labute approximate surface area is 164 Å². The third kappa shape index (κ3) is 3.42. The van der Waals surface area contributed by atoms with Crippen molar-refractivity contribution in [3.05, 3.63) is 47.9 Å². The normalized spacial score (nSPS) is 17.2. The second kappa shape index (κ2) is 6.85. The summed E-state index contributed by atoms with van der Waals surface area (Å²) < 4.78 is 1.78. The lowest BCUT2D eigenvalue weighted by Crippen LogP contribution is -2.47. The molecule has 0 N–H and O–H groups in total. The van der Waals surface area contributed by atoms with Gasteiger partial charge < -0.3 is 9.80 Å². The zero-order chi connectivity index (χ0) is 19.1. The summed E-state index contributed by atoms with van der Waals surface area (Å²) in [5.74, 6) is 5.17. The zero-order valence-electron chi connectivity index (χ0n) is 16.3. The molecule has 3 aromatic heterocycles. The average molecular weight is 376 g/mol. The van der Waals surface area contributed by atoms with Gasteiger partial charge in [0, 0.05) is 62.3 Å². The van der Waals surface area contributed by atoms with Crippen molar-refractivity contribution in [1.29, 1.82) is 0 Å². The second-order valence-corrected chi connectivity index (χ2v) is 7.56. The van der Waals surface area contributed by atoms with Crippen molar-refractivity contribution >= 4 is 11.6 Å². The molecule has 0 atom stereocenters. The summed E-state index contributed by atoms with van der Waals surface area (Å²) in [6.45, 7) is 7.62. The molecule has 1 aliphatic carbocycles. The maximum absolute atomic E-state index is 4.84. The summed E-state index contributed by atoms with van der Waals surface area (Å²) in [6, 6.07) is 6.01. The highest BCUT2D eigenvalue weighted by Crippen LogP contribution is 2.38. The van der Waals surface area contributed by atoms with Gasteiger partial charge in [-0.3, -0.25) is 0 Å². The molecule has 0 bridgehead atoms. The van der Waals surface area contributed by atoms with E-state index in [1.807, 2.05) is 25.3 Å². The van der Waals surface area contributed by atoms with E-state index in [-0.39, 0.29) is 0 Å². The first kappa shape index (κ1) is 17.1. The van der Waals surface area contributed by atoms with Crippen LogP contribution in [0, 0.1) is 13.8 Å². The van der Waals surface area contributed by atoms with Gasteiger partial charge in [-0.1, -0.05) is 0 Å². The number of anilines is 2. The summed E-state index contributed by atoms with van der Waals surface area (Å²) in [6.07, 6.45) is 6.11. The van der Waals surface area contributed by atoms with E-state index in [0.29, 0.717) is 5.92 Å². The van der Waals surface area contributed by atoms with Crippen molar-refractivity contribution in [1.82, 2.24) is 29.7 Å². The van der Waals surface area contributed by atoms with Crippen LogP contribution in [0.2, 0.25) is 0 Å². The average Bonchev–Trinajstić information content (AvgIpc) is 3.41. The fourth-order valence-electron chi connectivity index (χ4n) is 3.65. The molecule has 0 aromatic carbocycles.